The summed E-state index contributed by atoms with van der Waals surface area (Å²) < 4.78 is 0. The van der Waals surface area contributed by atoms with E-state index in [2.05, 4.69) is 29.9 Å². The van der Waals surface area contributed by atoms with E-state index in [1.807, 2.05) is 6.07 Å². The summed E-state index contributed by atoms with van der Waals surface area (Å²) in [7, 11) is 0. The number of hydrogen-bond acceptors (Lipinski definition) is 3. The number of carbonyl (C=O) groups is 1. The molecule has 2 aromatic rings. The molecule has 0 saturated heterocycles. The van der Waals surface area contributed by atoms with Crippen LogP contribution in [0.2, 0.25) is 0 Å². The summed E-state index contributed by atoms with van der Waals surface area (Å²) in [6.45, 7) is 4.24. The number of hydrogen-bond donors (Lipinski definition) is 1. The molecule has 0 aliphatic carbocycles. The molecule has 100 valence electrons. The number of aryl methyl sites for hydroxylation is 2. The van der Waals surface area contributed by atoms with Gasteiger partial charge in [0.15, 0.2) is 5.65 Å². The quantitative estimate of drug-likeness (QED) is 0.895. The van der Waals surface area contributed by atoms with Crippen LogP contribution in [0.15, 0.2) is 18.3 Å². The zero-order chi connectivity index (χ0) is 13.8. The molecular formula is C15H19N3O. The topological polar surface area (TPSA) is 68.9 Å². The van der Waals surface area contributed by atoms with Gasteiger partial charge in [-0.25, -0.2) is 9.97 Å². The van der Waals surface area contributed by atoms with E-state index in [1.54, 1.807) is 0 Å². The molecule has 2 aromatic heterocycles. The van der Waals surface area contributed by atoms with E-state index in [0.717, 1.165) is 36.8 Å². The number of unbranched alkanes of at least 4 members (excludes halogenated alkanes) is 1. The zero-order valence-electron chi connectivity index (χ0n) is 11.4. The first-order chi connectivity index (χ1) is 9.15. The summed E-state index contributed by atoms with van der Waals surface area (Å²) in [6.07, 6.45) is 5.61. The maximum Gasteiger partial charge on any atom is 0.250 e. The minimum atomic E-state index is -0.449. The number of carbonyl (C=O) groups excluding carboxylic acids is 1. The summed E-state index contributed by atoms with van der Waals surface area (Å²) in [4.78, 5) is 20.0. The van der Waals surface area contributed by atoms with E-state index < -0.39 is 5.91 Å². The molecule has 0 atom stereocenters. The van der Waals surface area contributed by atoms with Crippen LogP contribution in [0, 0.1) is 0 Å². The van der Waals surface area contributed by atoms with Gasteiger partial charge in [-0.2, -0.15) is 0 Å². The molecule has 0 aliphatic heterocycles. The van der Waals surface area contributed by atoms with Crippen LogP contribution in [-0.4, -0.2) is 15.9 Å². The number of amides is 1. The number of aromatic nitrogens is 2. The SMILES string of the molecule is CCCCc1cc(CC)nc2ncc(C(N)=O)cc12. The van der Waals surface area contributed by atoms with Crippen LogP contribution < -0.4 is 5.73 Å². The van der Waals surface area contributed by atoms with Crippen molar-refractivity contribution in [2.75, 3.05) is 0 Å². The Morgan fingerprint density at radius 2 is 2.11 bits per heavy atom. The molecule has 0 fully saturated rings. The molecule has 2 heterocycles. The minimum absolute atomic E-state index is 0.441. The molecule has 0 aromatic carbocycles. The Morgan fingerprint density at radius 3 is 2.74 bits per heavy atom. The summed E-state index contributed by atoms with van der Waals surface area (Å²) in [6, 6.07) is 3.92. The lowest BCUT2D eigenvalue weighted by Gasteiger charge is -2.08. The van der Waals surface area contributed by atoms with Gasteiger partial charge in [0.05, 0.1) is 5.56 Å². The van der Waals surface area contributed by atoms with Crippen molar-refractivity contribution in [2.45, 2.75) is 39.5 Å². The lowest BCUT2D eigenvalue weighted by Crippen LogP contribution is -2.11. The maximum absolute atomic E-state index is 11.3. The minimum Gasteiger partial charge on any atom is -0.366 e. The average Bonchev–Trinajstić information content (AvgIpc) is 2.43. The smallest absolute Gasteiger partial charge is 0.250 e. The van der Waals surface area contributed by atoms with Gasteiger partial charge in [0, 0.05) is 17.3 Å². The number of nitrogens with two attached hydrogens (primary N) is 1. The molecule has 0 aliphatic rings. The van der Waals surface area contributed by atoms with Gasteiger partial charge in [-0.15, -0.1) is 0 Å². The standard InChI is InChI=1S/C15H19N3O/c1-3-5-6-10-7-12(4-2)18-15-13(10)8-11(9-17-15)14(16)19/h7-9H,3-6H2,1-2H3,(H2,16,19). The van der Waals surface area contributed by atoms with Crippen LogP contribution in [-0.2, 0) is 12.8 Å². The molecule has 0 saturated carbocycles. The van der Waals surface area contributed by atoms with Crippen LogP contribution >= 0.6 is 0 Å². The Bertz CT molecular complexity index is 608. The van der Waals surface area contributed by atoms with Gasteiger partial charge >= 0.3 is 0 Å². The van der Waals surface area contributed by atoms with Crippen molar-refractivity contribution in [3.63, 3.8) is 0 Å². The van der Waals surface area contributed by atoms with Gasteiger partial charge < -0.3 is 5.73 Å². The third-order valence-electron chi connectivity index (χ3n) is 3.25. The van der Waals surface area contributed by atoms with Crippen LogP contribution in [0.5, 0.6) is 0 Å². The van der Waals surface area contributed by atoms with E-state index in [-0.39, 0.29) is 0 Å². The Labute approximate surface area is 113 Å². The molecule has 0 radical (unpaired) electrons. The lowest BCUT2D eigenvalue weighted by molar-refractivity contribution is 0.1000. The lowest BCUT2D eigenvalue weighted by atomic mass is 10.0. The largest absolute Gasteiger partial charge is 0.366 e. The summed E-state index contributed by atoms with van der Waals surface area (Å²) >= 11 is 0. The molecule has 4 heteroatoms. The molecule has 2 rings (SSSR count). The highest BCUT2D eigenvalue weighted by Crippen LogP contribution is 2.20. The molecule has 0 bridgehead atoms. The van der Waals surface area contributed by atoms with Gasteiger partial charge in [0.2, 0.25) is 5.91 Å². The van der Waals surface area contributed by atoms with Crippen molar-refractivity contribution in [3.05, 3.63) is 35.2 Å². The average molecular weight is 257 g/mol. The monoisotopic (exact) mass is 257 g/mol. The van der Waals surface area contributed by atoms with Crippen molar-refractivity contribution in [2.24, 2.45) is 5.73 Å². The van der Waals surface area contributed by atoms with Crippen molar-refractivity contribution in [3.8, 4) is 0 Å². The van der Waals surface area contributed by atoms with E-state index in [1.165, 1.54) is 11.8 Å². The van der Waals surface area contributed by atoms with Crippen molar-refractivity contribution in [1.29, 1.82) is 0 Å². The molecule has 0 unspecified atom stereocenters. The summed E-state index contributed by atoms with van der Waals surface area (Å²) in [5, 5.41) is 0.946. The first kappa shape index (κ1) is 13.5. The highest BCUT2D eigenvalue weighted by atomic mass is 16.1. The van der Waals surface area contributed by atoms with Crippen LogP contribution in [0.3, 0.4) is 0 Å². The Morgan fingerprint density at radius 1 is 1.32 bits per heavy atom. The second-order valence-electron chi connectivity index (χ2n) is 4.69. The molecule has 2 N–H and O–H groups in total. The fraction of sp³-hybridized carbons (Fsp3) is 0.400. The Hall–Kier alpha value is -1.97. The van der Waals surface area contributed by atoms with E-state index in [0.29, 0.717) is 11.2 Å². The second kappa shape index (κ2) is 5.78. The number of fused-ring (bicyclic) bond motifs is 1. The maximum atomic E-state index is 11.3. The fourth-order valence-corrected chi connectivity index (χ4v) is 2.12. The normalized spacial score (nSPS) is 10.8. The summed E-state index contributed by atoms with van der Waals surface area (Å²) in [5.74, 6) is -0.449. The fourth-order valence-electron chi connectivity index (χ4n) is 2.12. The van der Waals surface area contributed by atoms with Gasteiger partial charge in [-0.3, -0.25) is 4.79 Å². The van der Waals surface area contributed by atoms with E-state index >= 15 is 0 Å². The molecule has 0 spiro atoms. The molecule has 19 heavy (non-hydrogen) atoms. The number of rotatable bonds is 5. The molecule has 4 nitrogen and oxygen atoms in total. The van der Waals surface area contributed by atoms with Gasteiger partial charge in [0.25, 0.3) is 0 Å². The van der Waals surface area contributed by atoms with E-state index in [4.69, 9.17) is 5.73 Å². The van der Waals surface area contributed by atoms with Crippen LogP contribution in [0.4, 0.5) is 0 Å². The zero-order valence-corrected chi connectivity index (χ0v) is 11.4. The molecular weight excluding hydrogens is 238 g/mol. The predicted octanol–water partition coefficient (Wildman–Crippen LogP) is 2.63. The van der Waals surface area contributed by atoms with Crippen LogP contribution in [0.25, 0.3) is 11.0 Å². The van der Waals surface area contributed by atoms with E-state index in [9.17, 15) is 4.79 Å². The molecule has 1 amide bonds. The number of nitrogens with zero attached hydrogens (tertiary/aromatic N) is 2. The Balaban J connectivity index is 2.58. The van der Waals surface area contributed by atoms with Crippen molar-refractivity contribution in [1.82, 2.24) is 9.97 Å². The third-order valence-corrected chi connectivity index (χ3v) is 3.25. The predicted molar refractivity (Wildman–Crippen MR) is 76.0 cm³/mol. The summed E-state index contributed by atoms with van der Waals surface area (Å²) in [5.41, 5.74) is 8.70. The first-order valence-corrected chi connectivity index (χ1v) is 6.74. The number of pyridine rings is 2. The Kier molecular flexibility index (Phi) is 4.10. The highest BCUT2D eigenvalue weighted by molar-refractivity contribution is 5.96. The third kappa shape index (κ3) is 2.89. The van der Waals surface area contributed by atoms with Crippen molar-refractivity contribution >= 4 is 16.9 Å². The first-order valence-electron chi connectivity index (χ1n) is 6.74. The highest BCUT2D eigenvalue weighted by Gasteiger charge is 2.09. The number of primary amides is 1. The second-order valence-corrected chi connectivity index (χ2v) is 4.69. The van der Waals surface area contributed by atoms with Gasteiger partial charge in [0.1, 0.15) is 0 Å². The van der Waals surface area contributed by atoms with Crippen LogP contribution in [0.1, 0.15) is 48.3 Å². The van der Waals surface area contributed by atoms with Gasteiger partial charge in [-0.1, -0.05) is 20.3 Å². The van der Waals surface area contributed by atoms with Gasteiger partial charge in [-0.05, 0) is 37.0 Å². The van der Waals surface area contributed by atoms with Crippen molar-refractivity contribution < 1.29 is 4.79 Å².